The minimum Gasteiger partial charge on any atom is -0.394 e. The first kappa shape index (κ1) is 23.9. The summed E-state index contributed by atoms with van der Waals surface area (Å²) in [4.78, 5) is 22.9. The molecule has 0 aromatic heterocycles. The quantitative estimate of drug-likeness (QED) is 0.202. The molecule has 2 fully saturated rings. The van der Waals surface area contributed by atoms with Crippen molar-refractivity contribution in [2.24, 2.45) is 5.73 Å². The summed E-state index contributed by atoms with van der Waals surface area (Å²) in [6, 6.07) is -2.33. The second-order valence-electron chi connectivity index (χ2n) is 7.07. The van der Waals surface area contributed by atoms with Gasteiger partial charge < -0.3 is 56.1 Å². The summed E-state index contributed by atoms with van der Waals surface area (Å²) >= 11 is 0. The zero-order valence-corrected chi connectivity index (χ0v) is 16.0. The molecule has 0 bridgehead atoms. The van der Waals surface area contributed by atoms with E-state index >= 15 is 0 Å². The number of nitrogens with one attached hydrogen (secondary N) is 2. The monoisotopic (exact) mass is 423 g/mol. The average molecular weight is 423 g/mol. The van der Waals surface area contributed by atoms with Crippen molar-refractivity contribution in [3.8, 4) is 0 Å². The molecular formula is C16H29N3O10. The maximum Gasteiger partial charge on any atom is 0.217 e. The predicted molar refractivity (Wildman–Crippen MR) is 93.8 cm³/mol. The highest BCUT2D eigenvalue weighted by Gasteiger charge is 2.50. The fraction of sp³-hybridized carbons (Fsp3) is 0.875. The summed E-state index contributed by atoms with van der Waals surface area (Å²) in [7, 11) is 0. The van der Waals surface area contributed by atoms with Gasteiger partial charge in [-0.1, -0.05) is 0 Å². The van der Waals surface area contributed by atoms with Crippen LogP contribution in [0.4, 0.5) is 0 Å². The van der Waals surface area contributed by atoms with E-state index in [-0.39, 0.29) is 0 Å². The van der Waals surface area contributed by atoms with E-state index in [1.807, 2.05) is 0 Å². The molecule has 0 radical (unpaired) electrons. The first-order chi connectivity index (χ1) is 13.6. The Hall–Kier alpha value is -1.42. The highest BCUT2D eigenvalue weighted by molar-refractivity contribution is 5.73. The molecule has 2 aliphatic heterocycles. The summed E-state index contributed by atoms with van der Waals surface area (Å²) < 4.78 is 16.6. The van der Waals surface area contributed by atoms with Gasteiger partial charge in [-0.3, -0.25) is 9.59 Å². The molecule has 2 saturated heterocycles. The Labute approximate surface area is 166 Å². The number of ether oxygens (including phenoxy) is 3. The molecule has 13 nitrogen and oxygen atoms in total. The van der Waals surface area contributed by atoms with Crippen LogP contribution in [0.2, 0.25) is 0 Å². The van der Waals surface area contributed by atoms with E-state index < -0.39 is 86.3 Å². The van der Waals surface area contributed by atoms with E-state index in [9.17, 15) is 35.1 Å². The lowest BCUT2D eigenvalue weighted by Gasteiger charge is -2.47. The summed E-state index contributed by atoms with van der Waals surface area (Å²) in [6.45, 7) is 1.13. The van der Waals surface area contributed by atoms with Crippen molar-refractivity contribution in [3.63, 3.8) is 0 Å². The Morgan fingerprint density at radius 1 is 0.897 bits per heavy atom. The average Bonchev–Trinajstić information content (AvgIpc) is 2.65. The Bertz CT molecular complexity index is 581. The van der Waals surface area contributed by atoms with Crippen molar-refractivity contribution in [2.45, 2.75) is 75.1 Å². The standard InChI is InChI=1S/C16H29N3O10/c1-5(22)18-9-13(26)14(8(4-21)27-15(9)17)29-16-10(19-6(2)23)12(25)11(24)7(3-20)28-16/h7-16,20-21,24-26H,3-4,17H2,1-2H3,(H,18,22)(H,19,23)/t7?,8?,9?,10-,11+,12?,13?,14+,15+,16-/m0/s1. The molecule has 2 amide bonds. The van der Waals surface area contributed by atoms with Crippen molar-refractivity contribution < 1.29 is 49.3 Å². The van der Waals surface area contributed by atoms with Gasteiger partial charge in [0.25, 0.3) is 0 Å². The fourth-order valence-corrected chi connectivity index (χ4v) is 3.44. The van der Waals surface area contributed by atoms with E-state index in [0.29, 0.717) is 0 Å². The van der Waals surface area contributed by atoms with Crippen molar-refractivity contribution in [2.75, 3.05) is 13.2 Å². The second-order valence-corrected chi connectivity index (χ2v) is 7.07. The van der Waals surface area contributed by atoms with Crippen LogP contribution < -0.4 is 16.4 Å². The molecule has 5 unspecified atom stereocenters. The third-order valence-corrected chi connectivity index (χ3v) is 4.85. The van der Waals surface area contributed by atoms with Crippen LogP contribution in [0.15, 0.2) is 0 Å². The van der Waals surface area contributed by atoms with Gasteiger partial charge in [-0.25, -0.2) is 0 Å². The van der Waals surface area contributed by atoms with Gasteiger partial charge in [0.05, 0.1) is 19.3 Å². The first-order valence-corrected chi connectivity index (χ1v) is 9.12. The second kappa shape index (κ2) is 10.1. The van der Waals surface area contributed by atoms with Crippen LogP contribution in [-0.4, -0.2) is 112 Å². The SMILES string of the molecule is CC(=O)NC1C(O)[C@H](O[C@@H]2OC(CO)[C@@H](O)C(O)[C@@H]2NC(C)=O)C(CO)O[C@H]1N. The van der Waals surface area contributed by atoms with E-state index in [4.69, 9.17) is 19.9 Å². The van der Waals surface area contributed by atoms with Crippen LogP contribution in [-0.2, 0) is 23.8 Å². The van der Waals surface area contributed by atoms with Crippen LogP contribution in [0, 0.1) is 0 Å². The lowest BCUT2D eigenvalue weighted by Crippen LogP contribution is -2.70. The number of hydrogen-bond acceptors (Lipinski definition) is 11. The number of amides is 2. The van der Waals surface area contributed by atoms with Crippen LogP contribution in [0.25, 0.3) is 0 Å². The van der Waals surface area contributed by atoms with Crippen LogP contribution in [0.3, 0.4) is 0 Å². The molecule has 0 saturated carbocycles. The molecular weight excluding hydrogens is 394 g/mol. The summed E-state index contributed by atoms with van der Waals surface area (Å²) in [5.74, 6) is -1.04. The van der Waals surface area contributed by atoms with Gasteiger partial charge in [0.15, 0.2) is 6.29 Å². The lowest BCUT2D eigenvalue weighted by atomic mass is 9.94. The van der Waals surface area contributed by atoms with Crippen molar-refractivity contribution in [1.82, 2.24) is 10.6 Å². The number of aliphatic hydroxyl groups excluding tert-OH is 5. The lowest BCUT2D eigenvalue weighted by molar-refractivity contribution is -0.314. The fourth-order valence-electron chi connectivity index (χ4n) is 3.44. The Morgan fingerprint density at radius 3 is 1.97 bits per heavy atom. The van der Waals surface area contributed by atoms with Gasteiger partial charge >= 0.3 is 0 Å². The highest BCUT2D eigenvalue weighted by Crippen LogP contribution is 2.28. The summed E-state index contributed by atoms with van der Waals surface area (Å²) in [5, 5.41) is 54.9. The minimum absolute atomic E-state index is 0.488. The zero-order chi connectivity index (χ0) is 21.9. The minimum atomic E-state index is -1.56. The van der Waals surface area contributed by atoms with Gasteiger partial charge in [0.2, 0.25) is 11.8 Å². The molecule has 0 aliphatic carbocycles. The van der Waals surface area contributed by atoms with Gasteiger partial charge in [-0.05, 0) is 0 Å². The topological polar surface area (TPSA) is 213 Å². The normalized spacial score (nSPS) is 42.9. The molecule has 0 aromatic rings. The zero-order valence-electron chi connectivity index (χ0n) is 16.0. The highest BCUT2D eigenvalue weighted by atomic mass is 16.7. The van der Waals surface area contributed by atoms with E-state index in [1.165, 1.54) is 13.8 Å². The molecule has 29 heavy (non-hydrogen) atoms. The number of hydrogen-bond donors (Lipinski definition) is 8. The van der Waals surface area contributed by atoms with Gasteiger partial charge in [-0.15, -0.1) is 0 Å². The molecule has 0 aromatic carbocycles. The Kier molecular flexibility index (Phi) is 8.28. The van der Waals surface area contributed by atoms with Gasteiger partial charge in [0.1, 0.15) is 48.9 Å². The number of nitrogens with two attached hydrogens (primary N) is 1. The Balaban J connectivity index is 2.26. The van der Waals surface area contributed by atoms with Gasteiger partial charge in [-0.2, -0.15) is 0 Å². The molecule has 168 valence electrons. The summed E-state index contributed by atoms with van der Waals surface area (Å²) in [5.41, 5.74) is 5.80. The summed E-state index contributed by atoms with van der Waals surface area (Å²) in [6.07, 6.45) is -10.7. The van der Waals surface area contributed by atoms with Crippen molar-refractivity contribution in [3.05, 3.63) is 0 Å². The molecule has 2 heterocycles. The number of carbonyl (C=O) groups excluding carboxylic acids is 2. The van der Waals surface area contributed by atoms with Crippen molar-refractivity contribution in [1.29, 1.82) is 0 Å². The molecule has 0 spiro atoms. The van der Waals surface area contributed by atoms with E-state index in [1.54, 1.807) is 0 Å². The largest absolute Gasteiger partial charge is 0.394 e. The maximum absolute atomic E-state index is 11.5. The molecule has 2 aliphatic rings. The van der Waals surface area contributed by atoms with E-state index in [0.717, 1.165) is 0 Å². The van der Waals surface area contributed by atoms with Crippen LogP contribution in [0.5, 0.6) is 0 Å². The number of rotatable bonds is 6. The molecule has 2 rings (SSSR count). The van der Waals surface area contributed by atoms with E-state index in [2.05, 4.69) is 10.6 Å². The third-order valence-electron chi connectivity index (χ3n) is 4.85. The van der Waals surface area contributed by atoms with Crippen LogP contribution >= 0.6 is 0 Å². The molecule has 13 heteroatoms. The first-order valence-electron chi connectivity index (χ1n) is 9.12. The number of carbonyl (C=O) groups is 2. The Morgan fingerprint density at radius 2 is 1.45 bits per heavy atom. The van der Waals surface area contributed by atoms with Gasteiger partial charge in [0, 0.05) is 13.8 Å². The molecule has 10 atom stereocenters. The van der Waals surface area contributed by atoms with Crippen LogP contribution in [0.1, 0.15) is 13.8 Å². The smallest absolute Gasteiger partial charge is 0.217 e. The number of aliphatic hydroxyl groups is 5. The molecule has 9 N–H and O–H groups in total. The van der Waals surface area contributed by atoms with Crippen molar-refractivity contribution >= 4 is 11.8 Å². The maximum atomic E-state index is 11.5. The third kappa shape index (κ3) is 5.39. The predicted octanol–water partition coefficient (Wildman–Crippen LogP) is -5.14.